The molecule has 0 spiro atoms. The highest BCUT2D eigenvalue weighted by molar-refractivity contribution is 5.86. The Labute approximate surface area is 155 Å². The average molecular weight is 359 g/mol. The fourth-order valence-corrected chi connectivity index (χ4v) is 3.67. The Morgan fingerprint density at radius 3 is 2.77 bits per heavy atom. The number of hydrogen-bond acceptors (Lipinski definition) is 5. The molecule has 142 valence electrons. The van der Waals surface area contributed by atoms with Crippen LogP contribution < -0.4 is 0 Å². The first-order chi connectivity index (χ1) is 12.7. The van der Waals surface area contributed by atoms with E-state index in [4.69, 9.17) is 14.6 Å². The van der Waals surface area contributed by atoms with Gasteiger partial charge < -0.3 is 14.4 Å². The van der Waals surface area contributed by atoms with Gasteiger partial charge >= 0.3 is 5.97 Å². The second-order valence-corrected chi connectivity index (χ2v) is 6.91. The van der Waals surface area contributed by atoms with Crippen molar-refractivity contribution < 1.29 is 14.3 Å². The van der Waals surface area contributed by atoms with Crippen LogP contribution in [0.25, 0.3) is 10.9 Å². The third-order valence-corrected chi connectivity index (χ3v) is 5.10. The van der Waals surface area contributed by atoms with Gasteiger partial charge in [0.05, 0.1) is 30.8 Å². The van der Waals surface area contributed by atoms with Crippen LogP contribution in [0.3, 0.4) is 0 Å². The summed E-state index contributed by atoms with van der Waals surface area (Å²) in [5, 5.41) is 5.81. The van der Waals surface area contributed by atoms with Crippen molar-refractivity contribution in [1.29, 1.82) is 0 Å². The molecule has 1 aliphatic rings. The zero-order chi connectivity index (χ0) is 18.4. The minimum atomic E-state index is -0.214. The van der Waals surface area contributed by atoms with E-state index in [0.717, 1.165) is 49.4 Å². The maximum atomic E-state index is 11.9. The number of aromatic nitrogens is 2. The van der Waals surface area contributed by atoms with Crippen molar-refractivity contribution in [2.75, 3.05) is 40.0 Å². The van der Waals surface area contributed by atoms with E-state index in [-0.39, 0.29) is 12.4 Å². The van der Waals surface area contributed by atoms with Crippen molar-refractivity contribution in [1.82, 2.24) is 14.7 Å². The van der Waals surface area contributed by atoms with Crippen LogP contribution in [0.1, 0.15) is 25.5 Å². The second-order valence-electron chi connectivity index (χ2n) is 6.91. The predicted octanol–water partition coefficient (Wildman–Crippen LogP) is 2.50. The molecule has 0 radical (unpaired) electrons. The third-order valence-electron chi connectivity index (χ3n) is 5.10. The summed E-state index contributed by atoms with van der Waals surface area (Å²) in [5.74, 6) is 0.405. The maximum absolute atomic E-state index is 11.9. The van der Waals surface area contributed by atoms with Crippen molar-refractivity contribution in [2.45, 2.75) is 32.7 Å². The van der Waals surface area contributed by atoms with Crippen LogP contribution in [-0.2, 0) is 27.2 Å². The number of ether oxygens (including phenoxy) is 2. The van der Waals surface area contributed by atoms with Gasteiger partial charge in [-0.05, 0) is 44.8 Å². The molecule has 6 nitrogen and oxygen atoms in total. The number of methoxy groups -OCH3 is 1. The summed E-state index contributed by atoms with van der Waals surface area (Å²) in [5.41, 5.74) is 1.92. The molecule has 0 N–H and O–H groups in total. The van der Waals surface area contributed by atoms with Crippen molar-refractivity contribution in [2.24, 2.45) is 5.92 Å². The number of rotatable bonds is 8. The molecular weight excluding hydrogens is 330 g/mol. The minimum Gasteiger partial charge on any atom is -0.466 e. The van der Waals surface area contributed by atoms with Crippen molar-refractivity contribution in [3.63, 3.8) is 0 Å². The lowest BCUT2D eigenvalue weighted by Crippen LogP contribution is -2.37. The molecule has 0 atom stereocenters. The molecule has 2 heterocycles. The number of para-hydroxylation sites is 1. The summed E-state index contributed by atoms with van der Waals surface area (Å²) in [4.78, 5) is 14.4. The minimum absolute atomic E-state index is 0.214. The molecule has 1 saturated heterocycles. The van der Waals surface area contributed by atoms with Gasteiger partial charge in [-0.15, -0.1) is 0 Å². The molecule has 0 bridgehead atoms. The van der Waals surface area contributed by atoms with Crippen LogP contribution in [0, 0.1) is 5.92 Å². The van der Waals surface area contributed by atoms with E-state index in [1.807, 2.05) is 25.1 Å². The molecule has 0 amide bonds. The first kappa shape index (κ1) is 18.9. The van der Waals surface area contributed by atoms with E-state index in [1.54, 1.807) is 7.11 Å². The number of fused-ring (bicyclic) bond motifs is 1. The van der Waals surface area contributed by atoms with Crippen LogP contribution in [-0.4, -0.2) is 60.6 Å². The zero-order valence-electron chi connectivity index (χ0n) is 15.8. The Bertz CT molecular complexity index is 720. The lowest BCUT2D eigenvalue weighted by Gasteiger charge is -2.31. The fourth-order valence-electron chi connectivity index (χ4n) is 3.67. The van der Waals surface area contributed by atoms with E-state index in [9.17, 15) is 4.79 Å². The van der Waals surface area contributed by atoms with Crippen molar-refractivity contribution in [3.8, 4) is 0 Å². The van der Waals surface area contributed by atoms with Gasteiger partial charge in [0.15, 0.2) is 0 Å². The summed E-state index contributed by atoms with van der Waals surface area (Å²) in [6.07, 6.45) is 2.58. The monoisotopic (exact) mass is 359 g/mol. The second kappa shape index (κ2) is 9.14. The van der Waals surface area contributed by atoms with Crippen molar-refractivity contribution >= 4 is 16.9 Å². The Morgan fingerprint density at radius 2 is 2.04 bits per heavy atom. The molecule has 1 fully saturated rings. The molecule has 6 heteroatoms. The number of benzene rings is 1. The van der Waals surface area contributed by atoms with Gasteiger partial charge in [0, 0.05) is 25.6 Å². The van der Waals surface area contributed by atoms with Gasteiger partial charge in [0.25, 0.3) is 0 Å². The number of piperidine rings is 1. The lowest BCUT2D eigenvalue weighted by atomic mass is 9.97. The van der Waals surface area contributed by atoms with Crippen LogP contribution in [0.15, 0.2) is 24.3 Å². The van der Waals surface area contributed by atoms with Gasteiger partial charge in [0.2, 0.25) is 0 Å². The van der Waals surface area contributed by atoms with Gasteiger partial charge in [-0.25, -0.2) is 0 Å². The highest BCUT2D eigenvalue weighted by Crippen LogP contribution is 2.24. The molecule has 1 aromatic carbocycles. The molecular formula is C20H29N3O3. The fraction of sp³-hybridized carbons (Fsp3) is 0.600. The molecule has 3 rings (SSSR count). The van der Waals surface area contributed by atoms with Crippen LogP contribution in [0.2, 0.25) is 0 Å². The summed E-state index contributed by atoms with van der Waals surface area (Å²) < 4.78 is 12.4. The predicted molar refractivity (Wildman–Crippen MR) is 101 cm³/mol. The number of esters is 1. The zero-order valence-corrected chi connectivity index (χ0v) is 15.8. The Morgan fingerprint density at radius 1 is 1.27 bits per heavy atom. The Balaban J connectivity index is 1.67. The molecule has 0 unspecified atom stereocenters. The standard InChI is InChI=1S/C20H29N3O3/c1-3-26-20(24)14-18-17-6-4-5-7-19(17)23(21-18)15-16-8-10-22(11-9-16)12-13-25-2/h4-7,16H,3,8-15H2,1-2H3. The highest BCUT2D eigenvalue weighted by Gasteiger charge is 2.21. The van der Waals surface area contributed by atoms with Crippen LogP contribution in [0.4, 0.5) is 0 Å². The molecule has 2 aromatic rings. The SMILES string of the molecule is CCOC(=O)Cc1nn(CC2CCN(CCOC)CC2)c2ccccc12. The summed E-state index contributed by atoms with van der Waals surface area (Å²) in [6, 6.07) is 8.16. The quantitative estimate of drug-likeness (QED) is 0.678. The number of carbonyl (C=O) groups excluding carboxylic acids is 1. The smallest absolute Gasteiger partial charge is 0.311 e. The van der Waals surface area contributed by atoms with E-state index in [1.165, 1.54) is 12.8 Å². The summed E-state index contributed by atoms with van der Waals surface area (Å²) >= 11 is 0. The number of likely N-dealkylation sites (tertiary alicyclic amines) is 1. The first-order valence-corrected chi connectivity index (χ1v) is 9.52. The van der Waals surface area contributed by atoms with Crippen molar-refractivity contribution in [3.05, 3.63) is 30.0 Å². The number of carbonyl (C=O) groups is 1. The van der Waals surface area contributed by atoms with Crippen LogP contribution >= 0.6 is 0 Å². The van der Waals surface area contributed by atoms with Crippen LogP contribution in [0.5, 0.6) is 0 Å². The Hall–Kier alpha value is -1.92. The van der Waals surface area contributed by atoms with Gasteiger partial charge in [-0.1, -0.05) is 18.2 Å². The first-order valence-electron chi connectivity index (χ1n) is 9.52. The van der Waals surface area contributed by atoms with E-state index < -0.39 is 0 Å². The largest absolute Gasteiger partial charge is 0.466 e. The molecule has 0 aliphatic carbocycles. The van der Waals surface area contributed by atoms with Gasteiger partial charge in [-0.2, -0.15) is 5.10 Å². The molecule has 26 heavy (non-hydrogen) atoms. The molecule has 1 aromatic heterocycles. The molecule has 0 saturated carbocycles. The topological polar surface area (TPSA) is 56.6 Å². The summed E-state index contributed by atoms with van der Waals surface area (Å²) in [6.45, 7) is 7.17. The molecule has 1 aliphatic heterocycles. The third kappa shape index (κ3) is 4.62. The summed E-state index contributed by atoms with van der Waals surface area (Å²) in [7, 11) is 1.75. The van der Waals surface area contributed by atoms with Gasteiger partial charge in [0.1, 0.15) is 0 Å². The lowest BCUT2D eigenvalue weighted by molar-refractivity contribution is -0.142. The maximum Gasteiger partial charge on any atom is 0.311 e. The Kier molecular flexibility index (Phi) is 6.63. The number of hydrogen-bond donors (Lipinski definition) is 0. The average Bonchev–Trinajstić information content (AvgIpc) is 2.99. The van der Waals surface area contributed by atoms with E-state index in [0.29, 0.717) is 12.5 Å². The van der Waals surface area contributed by atoms with E-state index >= 15 is 0 Å². The normalized spacial score (nSPS) is 16.2. The van der Waals surface area contributed by atoms with Gasteiger partial charge in [-0.3, -0.25) is 9.48 Å². The van der Waals surface area contributed by atoms with E-state index in [2.05, 4.69) is 15.6 Å². The highest BCUT2D eigenvalue weighted by atomic mass is 16.5. The number of nitrogens with zero attached hydrogens (tertiary/aromatic N) is 3.